The second-order valence-electron chi connectivity index (χ2n) is 3.97. The maximum atomic E-state index is 10.6. The summed E-state index contributed by atoms with van der Waals surface area (Å²) in [4.78, 5) is 2.14. The van der Waals surface area contributed by atoms with Crippen LogP contribution in [0.5, 0.6) is 0 Å². The third-order valence-corrected chi connectivity index (χ3v) is 3.34. The lowest BCUT2D eigenvalue weighted by atomic mass is 10.1. The van der Waals surface area contributed by atoms with Gasteiger partial charge < -0.3 is 4.90 Å². The van der Waals surface area contributed by atoms with Gasteiger partial charge >= 0.3 is 0 Å². The van der Waals surface area contributed by atoms with Crippen LogP contribution < -0.4 is 0 Å². The first-order valence-electron chi connectivity index (χ1n) is 5.71. The van der Waals surface area contributed by atoms with E-state index in [0.29, 0.717) is 6.42 Å². The van der Waals surface area contributed by atoms with Gasteiger partial charge in [-0.25, -0.2) is 0 Å². The van der Waals surface area contributed by atoms with Crippen LogP contribution in [0.2, 0.25) is 0 Å². The Morgan fingerprint density at radius 2 is 2.12 bits per heavy atom. The third kappa shape index (κ3) is 5.70. The highest BCUT2D eigenvalue weighted by Crippen LogP contribution is 2.11. The van der Waals surface area contributed by atoms with Gasteiger partial charge in [0.15, 0.2) is 0 Å². The monoisotopic (exact) mass is 257 g/mol. The molecule has 17 heavy (non-hydrogen) atoms. The van der Waals surface area contributed by atoms with Crippen molar-refractivity contribution >= 4 is 10.1 Å². The summed E-state index contributed by atoms with van der Waals surface area (Å²) in [5.74, 6) is -0.158. The quantitative estimate of drug-likeness (QED) is 0.449. The molecule has 0 radical (unpaired) electrons. The normalized spacial score (nSPS) is 20.4. The van der Waals surface area contributed by atoms with Gasteiger partial charge in [0.05, 0.1) is 11.8 Å². The first-order valence-corrected chi connectivity index (χ1v) is 7.32. The lowest BCUT2D eigenvalue weighted by Gasteiger charge is -2.28. The minimum Gasteiger partial charge on any atom is -0.368 e. The van der Waals surface area contributed by atoms with Crippen LogP contribution in [0.15, 0.2) is 36.6 Å². The predicted molar refractivity (Wildman–Crippen MR) is 69.2 cm³/mol. The van der Waals surface area contributed by atoms with Crippen LogP contribution in [0.3, 0.4) is 0 Å². The summed E-state index contributed by atoms with van der Waals surface area (Å²) < 4.78 is 29.7. The number of hydrogen-bond donors (Lipinski definition) is 1. The second-order valence-corrected chi connectivity index (χ2v) is 5.55. The van der Waals surface area contributed by atoms with Gasteiger partial charge in [0.1, 0.15) is 0 Å². The SMILES string of the molecule is CC=CC1C=CC=CN1CCCCS(=O)(=O)O. The fraction of sp³-hybridized carbons (Fsp3) is 0.500. The van der Waals surface area contributed by atoms with Crippen molar-refractivity contribution in [2.45, 2.75) is 25.8 Å². The Labute approximate surface area is 103 Å². The van der Waals surface area contributed by atoms with E-state index in [-0.39, 0.29) is 11.8 Å². The molecule has 0 amide bonds. The zero-order valence-electron chi connectivity index (χ0n) is 9.99. The summed E-state index contributed by atoms with van der Waals surface area (Å²) in [6.07, 6.45) is 13.4. The van der Waals surface area contributed by atoms with Gasteiger partial charge in [-0.15, -0.1) is 0 Å². The molecule has 1 aliphatic rings. The first-order chi connectivity index (χ1) is 8.03. The Morgan fingerprint density at radius 3 is 2.76 bits per heavy atom. The maximum absolute atomic E-state index is 10.6. The van der Waals surface area contributed by atoms with Gasteiger partial charge in [-0.2, -0.15) is 8.42 Å². The molecule has 0 fully saturated rings. The molecule has 0 aromatic rings. The van der Waals surface area contributed by atoms with Crippen LogP contribution in [0.4, 0.5) is 0 Å². The molecule has 0 spiro atoms. The van der Waals surface area contributed by atoms with Crippen LogP contribution in [-0.4, -0.2) is 36.2 Å². The highest BCUT2D eigenvalue weighted by molar-refractivity contribution is 7.85. The van der Waals surface area contributed by atoms with Crippen molar-refractivity contribution in [3.05, 3.63) is 36.6 Å². The maximum Gasteiger partial charge on any atom is 0.264 e. The van der Waals surface area contributed by atoms with Crippen LogP contribution in [0.25, 0.3) is 0 Å². The van der Waals surface area contributed by atoms with Crippen LogP contribution in [0, 0.1) is 0 Å². The molecule has 0 bridgehead atoms. The van der Waals surface area contributed by atoms with Crippen LogP contribution >= 0.6 is 0 Å². The molecule has 0 aliphatic carbocycles. The Kier molecular flexibility index (Phi) is 5.44. The van der Waals surface area contributed by atoms with E-state index in [1.165, 1.54) is 0 Å². The number of allylic oxidation sites excluding steroid dienone is 3. The zero-order chi connectivity index (χ0) is 12.7. The van der Waals surface area contributed by atoms with Gasteiger partial charge in [-0.1, -0.05) is 24.3 Å². The first kappa shape index (κ1) is 14.0. The Bertz CT molecular complexity index is 409. The van der Waals surface area contributed by atoms with E-state index in [2.05, 4.69) is 17.1 Å². The van der Waals surface area contributed by atoms with E-state index >= 15 is 0 Å². The minimum atomic E-state index is -3.82. The van der Waals surface area contributed by atoms with Crippen LogP contribution in [0.1, 0.15) is 19.8 Å². The molecule has 1 rings (SSSR count). The molecule has 1 aliphatic heterocycles. The topological polar surface area (TPSA) is 57.6 Å². The molecule has 0 aromatic heterocycles. The number of unbranched alkanes of at least 4 members (excludes halogenated alkanes) is 1. The van der Waals surface area contributed by atoms with Gasteiger partial charge in [-0.3, -0.25) is 4.55 Å². The molecule has 1 unspecified atom stereocenters. The van der Waals surface area contributed by atoms with Crippen molar-refractivity contribution in [2.24, 2.45) is 0 Å². The molecule has 0 aromatic carbocycles. The standard InChI is InChI=1S/C12H19NO3S/c1-2-7-12-8-3-4-9-13(12)10-5-6-11-17(14,15)16/h2-4,7-9,12H,5-6,10-11H2,1H3,(H,14,15,16). The number of rotatable bonds is 6. The lowest BCUT2D eigenvalue weighted by molar-refractivity contribution is 0.348. The van der Waals surface area contributed by atoms with Crippen molar-refractivity contribution in [1.82, 2.24) is 4.90 Å². The largest absolute Gasteiger partial charge is 0.368 e. The number of nitrogens with zero attached hydrogens (tertiary/aromatic N) is 1. The Morgan fingerprint density at radius 1 is 1.35 bits per heavy atom. The molecule has 5 heteroatoms. The molecule has 1 N–H and O–H groups in total. The molecule has 96 valence electrons. The summed E-state index contributed by atoms with van der Waals surface area (Å²) in [5.41, 5.74) is 0. The van der Waals surface area contributed by atoms with E-state index in [9.17, 15) is 8.42 Å². The van der Waals surface area contributed by atoms with E-state index < -0.39 is 10.1 Å². The summed E-state index contributed by atoms with van der Waals surface area (Å²) in [6, 6.07) is 0.246. The predicted octanol–water partition coefficient (Wildman–Crippen LogP) is 1.98. The average Bonchev–Trinajstić information content (AvgIpc) is 2.25. The van der Waals surface area contributed by atoms with Crippen molar-refractivity contribution in [1.29, 1.82) is 0 Å². The van der Waals surface area contributed by atoms with E-state index in [1.54, 1.807) is 0 Å². The van der Waals surface area contributed by atoms with Crippen molar-refractivity contribution in [3.63, 3.8) is 0 Å². The van der Waals surface area contributed by atoms with Crippen LogP contribution in [-0.2, 0) is 10.1 Å². The zero-order valence-corrected chi connectivity index (χ0v) is 10.8. The lowest BCUT2D eigenvalue weighted by Crippen LogP contribution is -2.30. The highest BCUT2D eigenvalue weighted by atomic mass is 32.2. The average molecular weight is 257 g/mol. The third-order valence-electron chi connectivity index (χ3n) is 2.54. The fourth-order valence-electron chi connectivity index (χ4n) is 1.72. The summed E-state index contributed by atoms with van der Waals surface area (Å²) in [7, 11) is -3.82. The molecule has 0 saturated heterocycles. The van der Waals surface area contributed by atoms with Crippen molar-refractivity contribution < 1.29 is 13.0 Å². The van der Waals surface area contributed by atoms with Gasteiger partial charge in [0.2, 0.25) is 0 Å². The fourth-order valence-corrected chi connectivity index (χ4v) is 2.29. The second kappa shape index (κ2) is 6.61. The minimum absolute atomic E-state index is 0.158. The van der Waals surface area contributed by atoms with Gasteiger partial charge in [0.25, 0.3) is 10.1 Å². The summed E-state index contributed by atoms with van der Waals surface area (Å²) in [6.45, 7) is 2.76. The van der Waals surface area contributed by atoms with Crippen molar-refractivity contribution in [2.75, 3.05) is 12.3 Å². The molecule has 1 heterocycles. The molecule has 0 saturated carbocycles. The van der Waals surface area contributed by atoms with Gasteiger partial charge in [0, 0.05) is 6.54 Å². The van der Waals surface area contributed by atoms with Gasteiger partial charge in [-0.05, 0) is 32.0 Å². The smallest absolute Gasteiger partial charge is 0.264 e. The van der Waals surface area contributed by atoms with E-state index in [1.807, 2.05) is 31.4 Å². The summed E-state index contributed by atoms with van der Waals surface area (Å²) >= 11 is 0. The Hall–Kier alpha value is -1.07. The highest BCUT2D eigenvalue weighted by Gasteiger charge is 2.11. The van der Waals surface area contributed by atoms with E-state index in [0.717, 1.165) is 13.0 Å². The number of hydrogen-bond acceptors (Lipinski definition) is 3. The summed E-state index contributed by atoms with van der Waals surface area (Å²) in [5, 5.41) is 0. The van der Waals surface area contributed by atoms with E-state index in [4.69, 9.17) is 4.55 Å². The molecular formula is C12H19NO3S. The molecule has 4 nitrogen and oxygen atoms in total. The van der Waals surface area contributed by atoms with Crippen molar-refractivity contribution in [3.8, 4) is 0 Å². The Balaban J connectivity index is 2.35. The molecular weight excluding hydrogens is 238 g/mol. The molecule has 1 atom stereocenters.